The predicted molar refractivity (Wildman–Crippen MR) is 65.2 cm³/mol. The van der Waals surface area contributed by atoms with E-state index in [-0.39, 0.29) is 13.0 Å². The molecule has 1 aromatic rings. The van der Waals surface area contributed by atoms with Gasteiger partial charge in [0.25, 0.3) is 5.91 Å². The van der Waals surface area contributed by atoms with Crippen LogP contribution in [0.1, 0.15) is 16.8 Å². The van der Waals surface area contributed by atoms with Gasteiger partial charge in [0.05, 0.1) is 12.2 Å². The average molecular weight is 315 g/mol. The first-order valence-electron chi connectivity index (χ1n) is 5.29. The third-order valence-corrected chi connectivity index (χ3v) is 3.42. The highest BCUT2D eigenvalue weighted by molar-refractivity contribution is 9.10. The van der Waals surface area contributed by atoms with Gasteiger partial charge in [-0.15, -0.1) is 0 Å². The van der Waals surface area contributed by atoms with Gasteiger partial charge in [-0.25, -0.2) is 9.78 Å². The highest BCUT2D eigenvalue weighted by atomic mass is 79.9. The van der Waals surface area contributed by atoms with E-state index in [1.165, 1.54) is 6.20 Å². The van der Waals surface area contributed by atoms with E-state index in [1.54, 1.807) is 12.1 Å². The number of rotatable bonds is 3. The van der Waals surface area contributed by atoms with E-state index in [1.807, 2.05) is 0 Å². The first-order chi connectivity index (χ1) is 8.55. The molecular weight excluding hydrogens is 304 g/mol. The van der Waals surface area contributed by atoms with Crippen LogP contribution in [-0.2, 0) is 9.53 Å². The van der Waals surface area contributed by atoms with Crippen molar-refractivity contribution in [1.82, 2.24) is 10.3 Å². The topological polar surface area (TPSA) is 88.5 Å². The molecule has 1 unspecified atom stereocenters. The number of amides is 1. The zero-order chi connectivity index (χ0) is 13.2. The van der Waals surface area contributed by atoms with Crippen molar-refractivity contribution in [2.45, 2.75) is 12.0 Å². The summed E-state index contributed by atoms with van der Waals surface area (Å²) in [7, 11) is 0. The van der Waals surface area contributed by atoms with Crippen LogP contribution in [-0.4, -0.2) is 40.7 Å². The number of ether oxygens (including phenoxy) is 1. The van der Waals surface area contributed by atoms with Gasteiger partial charge in [0.2, 0.25) is 0 Å². The molecule has 96 valence electrons. The minimum absolute atomic E-state index is 0.0219. The lowest BCUT2D eigenvalue weighted by Gasteiger charge is -2.23. The first kappa shape index (κ1) is 13.0. The summed E-state index contributed by atoms with van der Waals surface area (Å²) < 4.78 is 5.44. The fourth-order valence-corrected chi connectivity index (χ4v) is 2.16. The van der Waals surface area contributed by atoms with Crippen molar-refractivity contribution in [3.63, 3.8) is 0 Å². The monoisotopic (exact) mass is 314 g/mol. The second-order valence-corrected chi connectivity index (χ2v) is 4.74. The van der Waals surface area contributed by atoms with Crippen molar-refractivity contribution >= 4 is 27.8 Å². The van der Waals surface area contributed by atoms with E-state index in [0.29, 0.717) is 16.8 Å². The third-order valence-electron chi connectivity index (χ3n) is 2.79. The van der Waals surface area contributed by atoms with Crippen LogP contribution in [0.5, 0.6) is 0 Å². The standard InChI is InChI=1S/C11H11BrN2O4/c12-8-7(2-1-4-13-8)9(15)14-11(10(16)17)3-5-18-6-11/h1-2,4H,3,5-6H2,(H,14,15)(H,16,17). The summed E-state index contributed by atoms with van der Waals surface area (Å²) in [5, 5.41) is 11.7. The van der Waals surface area contributed by atoms with Crippen LogP contribution in [0.15, 0.2) is 22.9 Å². The molecule has 1 aliphatic rings. The van der Waals surface area contributed by atoms with Gasteiger partial charge in [-0.2, -0.15) is 0 Å². The molecule has 2 heterocycles. The van der Waals surface area contributed by atoms with Crippen molar-refractivity contribution < 1.29 is 19.4 Å². The van der Waals surface area contributed by atoms with Crippen LogP contribution in [0.2, 0.25) is 0 Å². The van der Waals surface area contributed by atoms with Gasteiger partial charge >= 0.3 is 5.97 Å². The van der Waals surface area contributed by atoms with Gasteiger partial charge in [-0.05, 0) is 28.1 Å². The Bertz CT molecular complexity index is 486. The Morgan fingerprint density at radius 2 is 2.33 bits per heavy atom. The average Bonchev–Trinajstić information content (AvgIpc) is 2.79. The van der Waals surface area contributed by atoms with Crippen LogP contribution in [0.3, 0.4) is 0 Å². The van der Waals surface area contributed by atoms with E-state index in [2.05, 4.69) is 26.2 Å². The smallest absolute Gasteiger partial charge is 0.331 e. The van der Waals surface area contributed by atoms with Crippen LogP contribution in [0.25, 0.3) is 0 Å². The number of carboxylic acids is 1. The first-order valence-corrected chi connectivity index (χ1v) is 6.09. The Balaban J connectivity index is 2.21. The van der Waals surface area contributed by atoms with E-state index in [0.717, 1.165) is 0 Å². The summed E-state index contributed by atoms with van der Waals surface area (Å²) in [6, 6.07) is 3.18. The van der Waals surface area contributed by atoms with Crippen LogP contribution >= 0.6 is 15.9 Å². The predicted octanol–water partition coefficient (Wildman–Crippen LogP) is 0.818. The summed E-state index contributed by atoms with van der Waals surface area (Å²) in [5.74, 6) is -1.57. The van der Waals surface area contributed by atoms with Crippen molar-refractivity contribution in [2.24, 2.45) is 0 Å². The van der Waals surface area contributed by atoms with Gasteiger partial charge in [-0.3, -0.25) is 4.79 Å². The van der Waals surface area contributed by atoms with Crippen molar-refractivity contribution in [3.05, 3.63) is 28.5 Å². The van der Waals surface area contributed by atoms with Crippen LogP contribution in [0.4, 0.5) is 0 Å². The number of hydrogen-bond acceptors (Lipinski definition) is 4. The molecule has 6 nitrogen and oxygen atoms in total. The molecule has 0 radical (unpaired) electrons. The zero-order valence-electron chi connectivity index (χ0n) is 9.35. The summed E-state index contributed by atoms with van der Waals surface area (Å²) in [6.45, 7) is 0.298. The molecule has 0 spiro atoms. The molecule has 1 amide bonds. The molecule has 1 atom stereocenters. The minimum Gasteiger partial charge on any atom is -0.479 e. The van der Waals surface area contributed by atoms with Crippen LogP contribution in [0, 0.1) is 0 Å². The van der Waals surface area contributed by atoms with E-state index >= 15 is 0 Å². The third kappa shape index (κ3) is 2.37. The molecule has 2 rings (SSSR count). The second-order valence-electron chi connectivity index (χ2n) is 3.99. The van der Waals surface area contributed by atoms with Gasteiger partial charge in [-0.1, -0.05) is 0 Å². The minimum atomic E-state index is -1.34. The largest absolute Gasteiger partial charge is 0.479 e. The molecule has 0 saturated carbocycles. The molecule has 2 N–H and O–H groups in total. The van der Waals surface area contributed by atoms with Crippen molar-refractivity contribution in [2.75, 3.05) is 13.2 Å². The molecule has 0 aliphatic carbocycles. The Hall–Kier alpha value is -1.47. The number of aromatic nitrogens is 1. The summed E-state index contributed by atoms with van der Waals surface area (Å²) >= 11 is 3.15. The maximum atomic E-state index is 12.0. The maximum absolute atomic E-state index is 12.0. The maximum Gasteiger partial charge on any atom is 0.331 e. The number of carbonyl (C=O) groups is 2. The number of hydrogen-bond donors (Lipinski definition) is 2. The number of nitrogens with one attached hydrogen (secondary N) is 1. The number of carbonyl (C=O) groups excluding carboxylic acids is 1. The van der Waals surface area contributed by atoms with Gasteiger partial charge in [0.15, 0.2) is 5.54 Å². The quantitative estimate of drug-likeness (QED) is 0.806. The number of pyridine rings is 1. The highest BCUT2D eigenvalue weighted by Gasteiger charge is 2.44. The molecule has 7 heteroatoms. The Kier molecular flexibility index (Phi) is 3.63. The fourth-order valence-electron chi connectivity index (χ4n) is 1.73. The molecule has 1 fully saturated rings. The van der Waals surface area contributed by atoms with E-state index in [9.17, 15) is 14.7 Å². The molecule has 1 aromatic heterocycles. The number of nitrogens with zero attached hydrogens (tertiary/aromatic N) is 1. The fraction of sp³-hybridized carbons (Fsp3) is 0.364. The van der Waals surface area contributed by atoms with Crippen molar-refractivity contribution in [3.8, 4) is 0 Å². The Morgan fingerprint density at radius 3 is 2.89 bits per heavy atom. The zero-order valence-corrected chi connectivity index (χ0v) is 10.9. The lowest BCUT2D eigenvalue weighted by molar-refractivity contribution is -0.144. The lowest BCUT2D eigenvalue weighted by Crippen LogP contribution is -2.55. The molecule has 18 heavy (non-hydrogen) atoms. The summed E-state index contributed by atoms with van der Waals surface area (Å²) in [6.07, 6.45) is 1.79. The van der Waals surface area contributed by atoms with Gasteiger partial charge < -0.3 is 15.2 Å². The van der Waals surface area contributed by atoms with E-state index in [4.69, 9.17) is 4.74 Å². The Labute approximate surface area is 111 Å². The molecular formula is C11H11BrN2O4. The van der Waals surface area contributed by atoms with Crippen molar-refractivity contribution in [1.29, 1.82) is 0 Å². The van der Waals surface area contributed by atoms with Gasteiger partial charge in [0, 0.05) is 19.2 Å². The number of halogens is 1. The number of aliphatic carboxylic acids is 1. The summed E-state index contributed by atoms with van der Waals surface area (Å²) in [4.78, 5) is 27.2. The highest BCUT2D eigenvalue weighted by Crippen LogP contribution is 2.21. The van der Waals surface area contributed by atoms with Crippen LogP contribution < -0.4 is 5.32 Å². The Morgan fingerprint density at radius 1 is 1.56 bits per heavy atom. The normalized spacial score (nSPS) is 22.7. The lowest BCUT2D eigenvalue weighted by atomic mass is 9.98. The second kappa shape index (κ2) is 5.03. The SMILES string of the molecule is O=C(NC1(C(=O)O)CCOC1)c1cccnc1Br. The summed E-state index contributed by atoms with van der Waals surface area (Å²) in [5.41, 5.74) is -1.04. The molecule has 1 aliphatic heterocycles. The van der Waals surface area contributed by atoms with E-state index < -0.39 is 17.4 Å². The molecule has 1 saturated heterocycles. The molecule has 0 bridgehead atoms. The molecule has 0 aromatic carbocycles. The number of carboxylic acid groups (broad SMARTS) is 1. The van der Waals surface area contributed by atoms with Gasteiger partial charge in [0.1, 0.15) is 4.60 Å².